The summed E-state index contributed by atoms with van der Waals surface area (Å²) in [6.45, 7) is -0.409. The van der Waals surface area contributed by atoms with Gasteiger partial charge in [-0.15, -0.1) is 0 Å². The highest BCUT2D eigenvalue weighted by molar-refractivity contribution is 14.1. The average Bonchev–Trinajstić information content (AvgIpc) is 2.88. The molecular weight excluding hydrogens is 587 g/mol. The summed E-state index contributed by atoms with van der Waals surface area (Å²) in [6, 6.07) is 14.0. The van der Waals surface area contributed by atoms with Crippen LogP contribution in [0, 0.1) is 3.57 Å². The van der Waals surface area contributed by atoms with Crippen LogP contribution in [0.3, 0.4) is 0 Å². The third kappa shape index (κ3) is 7.17. The SMILES string of the molecule is CNC(=O)C1=C[C@H](c2ccc(I)cc2)C[C@H](OCCN(CCO)S(=O)(=O)c2ccc(OC)cc2)O1. The standard InChI is InChI=1S/C24H29IN2O7S/c1-26-24(29)22-15-18(17-3-5-19(25)6-4-17)16-23(34-22)33-14-12-27(11-13-28)35(30,31)21-9-7-20(32-2)8-10-21/h3-10,15,18,23,28H,11-14,16H2,1-2H3,(H,26,29)/t18-,23+/m0/s1. The molecule has 2 aromatic carbocycles. The molecule has 2 atom stereocenters. The Morgan fingerprint density at radius 1 is 1.17 bits per heavy atom. The number of amides is 1. The van der Waals surface area contributed by atoms with Gasteiger partial charge in [0.25, 0.3) is 5.91 Å². The van der Waals surface area contributed by atoms with Gasteiger partial charge in [-0.1, -0.05) is 12.1 Å². The minimum Gasteiger partial charge on any atom is -0.497 e. The molecule has 0 radical (unpaired) electrons. The molecule has 0 aromatic heterocycles. The number of benzene rings is 2. The molecular formula is C24H29IN2O7S. The van der Waals surface area contributed by atoms with E-state index in [2.05, 4.69) is 27.9 Å². The third-order valence-corrected chi connectivity index (χ3v) is 8.13. The van der Waals surface area contributed by atoms with Gasteiger partial charge in [-0.25, -0.2) is 8.42 Å². The number of aliphatic hydroxyl groups is 1. The Labute approximate surface area is 219 Å². The first-order chi connectivity index (χ1) is 16.8. The second-order valence-corrected chi connectivity index (χ2v) is 10.9. The van der Waals surface area contributed by atoms with Gasteiger partial charge in [-0.2, -0.15) is 4.31 Å². The fourth-order valence-electron chi connectivity index (χ4n) is 3.63. The van der Waals surface area contributed by atoms with E-state index in [1.54, 1.807) is 18.2 Å². The molecule has 0 unspecified atom stereocenters. The van der Waals surface area contributed by atoms with Gasteiger partial charge in [0.15, 0.2) is 5.76 Å². The quantitative estimate of drug-likeness (QED) is 0.373. The lowest BCUT2D eigenvalue weighted by molar-refractivity contribution is -0.146. The Morgan fingerprint density at radius 3 is 2.46 bits per heavy atom. The van der Waals surface area contributed by atoms with Crippen LogP contribution in [0.5, 0.6) is 5.75 Å². The number of ether oxygens (including phenoxy) is 3. The molecule has 0 aliphatic carbocycles. The zero-order valence-electron chi connectivity index (χ0n) is 19.5. The number of carbonyl (C=O) groups is 1. The van der Waals surface area contributed by atoms with Crippen LogP contribution in [0.15, 0.2) is 65.3 Å². The number of hydrogen-bond acceptors (Lipinski definition) is 7. The highest BCUT2D eigenvalue weighted by atomic mass is 127. The number of hydrogen-bond donors (Lipinski definition) is 2. The smallest absolute Gasteiger partial charge is 0.285 e. The predicted octanol–water partition coefficient (Wildman–Crippen LogP) is 2.46. The predicted molar refractivity (Wildman–Crippen MR) is 138 cm³/mol. The van der Waals surface area contributed by atoms with E-state index < -0.39 is 16.3 Å². The molecule has 0 bridgehead atoms. The lowest BCUT2D eigenvalue weighted by atomic mass is 9.93. The van der Waals surface area contributed by atoms with Crippen LogP contribution in [0.1, 0.15) is 17.9 Å². The maximum absolute atomic E-state index is 13.1. The topological polar surface area (TPSA) is 114 Å². The van der Waals surface area contributed by atoms with E-state index in [-0.39, 0.29) is 48.8 Å². The van der Waals surface area contributed by atoms with Crippen LogP contribution in [0.2, 0.25) is 0 Å². The summed E-state index contributed by atoms with van der Waals surface area (Å²) in [6.07, 6.45) is 1.50. The fraction of sp³-hybridized carbons (Fsp3) is 0.375. The molecule has 0 saturated carbocycles. The molecule has 35 heavy (non-hydrogen) atoms. The van der Waals surface area contributed by atoms with E-state index in [4.69, 9.17) is 14.2 Å². The van der Waals surface area contributed by atoms with Crippen molar-refractivity contribution in [2.24, 2.45) is 0 Å². The monoisotopic (exact) mass is 616 g/mol. The maximum atomic E-state index is 13.1. The van der Waals surface area contributed by atoms with Crippen LogP contribution >= 0.6 is 22.6 Å². The summed E-state index contributed by atoms with van der Waals surface area (Å²) in [7, 11) is -0.835. The summed E-state index contributed by atoms with van der Waals surface area (Å²) in [5.74, 6) is 0.232. The summed E-state index contributed by atoms with van der Waals surface area (Å²) in [4.78, 5) is 12.3. The first kappa shape index (κ1) is 27.4. The van der Waals surface area contributed by atoms with Crippen LogP contribution in [-0.2, 0) is 24.3 Å². The van der Waals surface area contributed by atoms with E-state index in [0.29, 0.717) is 12.2 Å². The first-order valence-electron chi connectivity index (χ1n) is 11.0. The minimum atomic E-state index is -3.86. The second-order valence-electron chi connectivity index (χ2n) is 7.73. The lowest BCUT2D eigenvalue weighted by Gasteiger charge is -2.30. The van der Waals surface area contributed by atoms with Gasteiger partial charge in [0.1, 0.15) is 5.75 Å². The van der Waals surface area contributed by atoms with Crippen molar-refractivity contribution in [2.45, 2.75) is 23.5 Å². The number of likely N-dealkylation sites (N-methyl/N-ethyl adjacent to an activating group) is 1. The number of halogens is 1. The molecule has 1 amide bonds. The van der Waals surface area contributed by atoms with Crippen LogP contribution in [-0.4, -0.2) is 70.5 Å². The average molecular weight is 616 g/mol. The summed E-state index contributed by atoms with van der Waals surface area (Å²) < 4.78 is 45.1. The van der Waals surface area contributed by atoms with E-state index in [1.165, 1.54) is 26.3 Å². The van der Waals surface area contributed by atoms with Gasteiger partial charge >= 0.3 is 0 Å². The summed E-state index contributed by atoms with van der Waals surface area (Å²) >= 11 is 2.23. The van der Waals surface area contributed by atoms with Gasteiger partial charge in [0, 0.05) is 36.0 Å². The Morgan fingerprint density at radius 2 is 1.86 bits per heavy atom. The van der Waals surface area contributed by atoms with Crippen molar-refractivity contribution in [1.29, 1.82) is 0 Å². The van der Waals surface area contributed by atoms with Gasteiger partial charge in [0.2, 0.25) is 16.3 Å². The van der Waals surface area contributed by atoms with Crippen molar-refractivity contribution >= 4 is 38.5 Å². The molecule has 9 nitrogen and oxygen atoms in total. The zero-order valence-corrected chi connectivity index (χ0v) is 22.5. The Balaban J connectivity index is 1.69. The number of carbonyl (C=O) groups excluding carboxylic acids is 1. The molecule has 2 aromatic rings. The van der Waals surface area contributed by atoms with E-state index in [9.17, 15) is 18.3 Å². The number of rotatable bonds is 11. The van der Waals surface area contributed by atoms with Crippen LogP contribution in [0.25, 0.3) is 0 Å². The number of nitrogens with zero attached hydrogens (tertiary/aromatic N) is 1. The Bertz CT molecular complexity index is 1120. The molecule has 0 spiro atoms. The van der Waals surface area contributed by atoms with Gasteiger partial charge in [-0.05, 0) is 70.6 Å². The fourth-order valence-corrected chi connectivity index (χ4v) is 5.40. The molecule has 1 heterocycles. The number of sulfonamides is 1. The zero-order chi connectivity index (χ0) is 25.4. The number of aliphatic hydroxyl groups excluding tert-OH is 1. The number of nitrogens with one attached hydrogen (secondary N) is 1. The number of methoxy groups -OCH3 is 1. The molecule has 1 aliphatic heterocycles. The van der Waals surface area contributed by atoms with Crippen molar-refractivity contribution in [3.8, 4) is 5.75 Å². The van der Waals surface area contributed by atoms with Crippen molar-refractivity contribution < 1.29 is 32.5 Å². The van der Waals surface area contributed by atoms with Crippen molar-refractivity contribution in [2.75, 3.05) is 40.5 Å². The highest BCUT2D eigenvalue weighted by Gasteiger charge is 2.29. The van der Waals surface area contributed by atoms with E-state index in [0.717, 1.165) is 13.4 Å². The van der Waals surface area contributed by atoms with E-state index in [1.807, 2.05) is 24.3 Å². The molecule has 1 aliphatic rings. The molecule has 3 rings (SSSR count). The van der Waals surface area contributed by atoms with Crippen molar-refractivity contribution in [3.05, 3.63) is 69.5 Å². The van der Waals surface area contributed by atoms with Crippen molar-refractivity contribution in [1.82, 2.24) is 9.62 Å². The van der Waals surface area contributed by atoms with Gasteiger partial charge in [0.05, 0.1) is 25.2 Å². The highest BCUT2D eigenvalue weighted by Crippen LogP contribution is 2.32. The molecule has 190 valence electrons. The maximum Gasteiger partial charge on any atom is 0.285 e. The second kappa shape index (κ2) is 12.7. The van der Waals surface area contributed by atoms with Gasteiger partial charge < -0.3 is 24.6 Å². The summed E-state index contributed by atoms with van der Waals surface area (Å²) in [5.41, 5.74) is 1.02. The van der Waals surface area contributed by atoms with Gasteiger partial charge in [-0.3, -0.25) is 4.79 Å². The molecule has 2 N–H and O–H groups in total. The molecule has 11 heteroatoms. The molecule has 0 saturated heterocycles. The van der Waals surface area contributed by atoms with Crippen molar-refractivity contribution in [3.63, 3.8) is 0 Å². The Hall–Kier alpha value is -2.19. The third-order valence-electron chi connectivity index (χ3n) is 5.50. The van der Waals surface area contributed by atoms with Crippen LogP contribution in [0.4, 0.5) is 0 Å². The normalized spacial score (nSPS) is 18.0. The number of allylic oxidation sites excluding steroid dienone is 1. The van der Waals surface area contributed by atoms with E-state index >= 15 is 0 Å². The first-order valence-corrected chi connectivity index (χ1v) is 13.5. The molecule has 0 fully saturated rings. The van der Waals surface area contributed by atoms with Crippen LogP contribution < -0.4 is 10.1 Å². The largest absolute Gasteiger partial charge is 0.497 e. The Kier molecular flexibility index (Phi) is 9.92. The summed E-state index contributed by atoms with van der Waals surface area (Å²) in [5, 5.41) is 12.0. The lowest BCUT2D eigenvalue weighted by Crippen LogP contribution is -2.38. The minimum absolute atomic E-state index is 0.00199.